The van der Waals surface area contributed by atoms with Crippen LogP contribution in [0, 0.1) is 0 Å². The lowest BCUT2D eigenvalue weighted by atomic mass is 10.2. The molecule has 0 saturated carbocycles. The van der Waals surface area contributed by atoms with Crippen molar-refractivity contribution < 1.29 is 32.2 Å². The molecule has 0 amide bonds. The standard InChI is InChI=1S/C9H5BrF4O3/c10-5-1-4(7(15)16)2-6(3-5)17-8(11)9(12,13)14/h1-3,8H,(H,15,16). The monoisotopic (exact) mass is 316 g/mol. The normalized spacial score (nSPS) is 13.2. The average Bonchev–Trinajstić information content (AvgIpc) is 2.14. The van der Waals surface area contributed by atoms with E-state index in [9.17, 15) is 22.4 Å². The van der Waals surface area contributed by atoms with Crippen molar-refractivity contribution >= 4 is 21.9 Å². The zero-order valence-electron chi connectivity index (χ0n) is 7.96. The molecular weight excluding hydrogens is 312 g/mol. The molecule has 17 heavy (non-hydrogen) atoms. The molecule has 1 aromatic carbocycles. The van der Waals surface area contributed by atoms with E-state index in [1.54, 1.807) is 0 Å². The highest BCUT2D eigenvalue weighted by Gasteiger charge is 2.42. The Bertz CT molecular complexity index is 433. The van der Waals surface area contributed by atoms with Gasteiger partial charge in [-0.25, -0.2) is 4.79 Å². The van der Waals surface area contributed by atoms with Crippen LogP contribution in [0.25, 0.3) is 0 Å². The van der Waals surface area contributed by atoms with Crippen molar-refractivity contribution in [3.05, 3.63) is 28.2 Å². The Morgan fingerprint density at radius 1 is 1.35 bits per heavy atom. The molecule has 1 aromatic rings. The molecule has 0 spiro atoms. The van der Waals surface area contributed by atoms with Crippen LogP contribution in [0.5, 0.6) is 5.75 Å². The molecule has 1 rings (SSSR count). The van der Waals surface area contributed by atoms with Gasteiger partial charge in [-0.05, 0) is 18.2 Å². The highest BCUT2D eigenvalue weighted by molar-refractivity contribution is 9.10. The number of hydrogen-bond acceptors (Lipinski definition) is 2. The van der Waals surface area contributed by atoms with E-state index in [1.807, 2.05) is 0 Å². The number of halogens is 5. The van der Waals surface area contributed by atoms with Gasteiger partial charge in [0.2, 0.25) is 0 Å². The Morgan fingerprint density at radius 2 is 1.94 bits per heavy atom. The SMILES string of the molecule is O=C(O)c1cc(Br)cc(OC(F)C(F)(F)F)c1. The first-order chi connectivity index (χ1) is 7.70. The van der Waals surface area contributed by atoms with E-state index in [1.165, 1.54) is 0 Å². The van der Waals surface area contributed by atoms with Crippen molar-refractivity contribution in [1.29, 1.82) is 0 Å². The van der Waals surface area contributed by atoms with Crippen LogP contribution in [0.15, 0.2) is 22.7 Å². The van der Waals surface area contributed by atoms with Crippen molar-refractivity contribution in [1.82, 2.24) is 0 Å². The fraction of sp³-hybridized carbons (Fsp3) is 0.222. The van der Waals surface area contributed by atoms with Crippen LogP contribution in [0.1, 0.15) is 10.4 Å². The molecule has 0 radical (unpaired) electrons. The van der Waals surface area contributed by atoms with Crippen LogP contribution in [-0.2, 0) is 0 Å². The number of hydrogen-bond donors (Lipinski definition) is 1. The summed E-state index contributed by atoms with van der Waals surface area (Å²) in [4.78, 5) is 10.6. The predicted octanol–water partition coefficient (Wildman–Crippen LogP) is 3.38. The highest BCUT2D eigenvalue weighted by Crippen LogP contribution is 2.28. The molecule has 1 unspecified atom stereocenters. The minimum atomic E-state index is -5.16. The van der Waals surface area contributed by atoms with Crippen LogP contribution in [0.3, 0.4) is 0 Å². The zero-order chi connectivity index (χ0) is 13.2. The Morgan fingerprint density at radius 3 is 2.41 bits per heavy atom. The Balaban J connectivity index is 2.96. The van der Waals surface area contributed by atoms with Crippen LogP contribution in [0.4, 0.5) is 17.6 Å². The number of ether oxygens (including phenoxy) is 1. The van der Waals surface area contributed by atoms with Gasteiger partial charge < -0.3 is 9.84 Å². The molecule has 1 atom stereocenters. The number of carboxylic acids is 1. The van der Waals surface area contributed by atoms with Crippen molar-refractivity contribution in [2.24, 2.45) is 0 Å². The maximum atomic E-state index is 12.6. The summed E-state index contributed by atoms with van der Waals surface area (Å²) in [5, 5.41) is 8.64. The maximum Gasteiger partial charge on any atom is 0.457 e. The van der Waals surface area contributed by atoms with E-state index in [0.29, 0.717) is 0 Å². The molecule has 8 heteroatoms. The lowest BCUT2D eigenvalue weighted by Crippen LogP contribution is -2.29. The van der Waals surface area contributed by atoms with Gasteiger partial charge >= 0.3 is 18.5 Å². The lowest BCUT2D eigenvalue weighted by Gasteiger charge is -2.14. The quantitative estimate of drug-likeness (QED) is 0.869. The number of rotatable bonds is 3. The van der Waals surface area contributed by atoms with Gasteiger partial charge in [0.25, 0.3) is 0 Å². The minimum Gasteiger partial charge on any atom is -0.478 e. The summed E-state index contributed by atoms with van der Waals surface area (Å²) in [6.07, 6.45) is -8.66. The van der Waals surface area contributed by atoms with Gasteiger partial charge in [-0.2, -0.15) is 17.6 Å². The molecule has 94 valence electrons. The molecule has 0 aliphatic rings. The van der Waals surface area contributed by atoms with Crippen molar-refractivity contribution in [2.75, 3.05) is 0 Å². The van der Waals surface area contributed by atoms with Crippen LogP contribution in [0.2, 0.25) is 0 Å². The van der Waals surface area contributed by atoms with Gasteiger partial charge in [0.1, 0.15) is 5.75 Å². The van der Waals surface area contributed by atoms with Gasteiger partial charge in [0, 0.05) is 4.47 Å². The van der Waals surface area contributed by atoms with Crippen molar-refractivity contribution in [2.45, 2.75) is 12.5 Å². The van der Waals surface area contributed by atoms with E-state index in [4.69, 9.17) is 5.11 Å². The first-order valence-corrected chi connectivity index (χ1v) is 4.91. The zero-order valence-corrected chi connectivity index (χ0v) is 9.55. The second-order valence-electron chi connectivity index (χ2n) is 2.96. The van der Waals surface area contributed by atoms with Crippen molar-refractivity contribution in [3.63, 3.8) is 0 Å². The minimum absolute atomic E-state index is 0.168. The molecule has 0 aliphatic heterocycles. The largest absolute Gasteiger partial charge is 0.478 e. The number of carboxylic acid groups (broad SMARTS) is 1. The van der Waals surface area contributed by atoms with E-state index < -0.39 is 24.3 Å². The van der Waals surface area contributed by atoms with Gasteiger partial charge in [0.05, 0.1) is 5.56 Å². The van der Waals surface area contributed by atoms with Crippen molar-refractivity contribution in [3.8, 4) is 5.75 Å². The Labute approximate surface area is 101 Å². The molecule has 0 bridgehead atoms. The van der Waals surface area contributed by atoms with Gasteiger partial charge in [-0.3, -0.25) is 0 Å². The molecule has 0 aromatic heterocycles. The molecule has 3 nitrogen and oxygen atoms in total. The summed E-state index contributed by atoms with van der Waals surface area (Å²) < 4.78 is 52.3. The van der Waals surface area contributed by atoms with Gasteiger partial charge in [-0.1, -0.05) is 15.9 Å². The smallest absolute Gasteiger partial charge is 0.457 e. The first-order valence-electron chi connectivity index (χ1n) is 4.11. The highest BCUT2D eigenvalue weighted by atomic mass is 79.9. The summed E-state index contributed by atoms with van der Waals surface area (Å²) in [5.74, 6) is -1.89. The van der Waals surface area contributed by atoms with Crippen LogP contribution in [-0.4, -0.2) is 23.6 Å². The molecule has 0 fully saturated rings. The topological polar surface area (TPSA) is 46.5 Å². The van der Waals surface area contributed by atoms with Gasteiger partial charge in [0.15, 0.2) is 0 Å². The van der Waals surface area contributed by atoms with Crippen LogP contribution < -0.4 is 4.74 Å². The molecule has 0 heterocycles. The lowest BCUT2D eigenvalue weighted by molar-refractivity contribution is -0.236. The first kappa shape index (κ1) is 13.8. The van der Waals surface area contributed by atoms with E-state index in [2.05, 4.69) is 20.7 Å². The second-order valence-corrected chi connectivity index (χ2v) is 3.87. The van der Waals surface area contributed by atoms with E-state index >= 15 is 0 Å². The maximum absolute atomic E-state index is 12.6. The van der Waals surface area contributed by atoms with Gasteiger partial charge in [-0.15, -0.1) is 0 Å². The molecule has 0 saturated heterocycles. The molecular formula is C9H5BrF4O3. The van der Waals surface area contributed by atoms with Crippen LogP contribution >= 0.6 is 15.9 Å². The number of aromatic carboxylic acids is 1. The Kier molecular flexibility index (Phi) is 3.97. The third-order valence-corrected chi connectivity index (χ3v) is 2.07. The number of benzene rings is 1. The van der Waals surface area contributed by atoms with E-state index in [0.717, 1.165) is 18.2 Å². The van der Waals surface area contributed by atoms with E-state index in [-0.39, 0.29) is 10.0 Å². The second kappa shape index (κ2) is 4.91. The summed E-state index contributed by atoms with van der Waals surface area (Å²) >= 11 is 2.87. The summed E-state index contributed by atoms with van der Waals surface area (Å²) in [5.41, 5.74) is -0.316. The summed E-state index contributed by atoms with van der Waals surface area (Å²) in [7, 11) is 0. The molecule has 1 N–H and O–H groups in total. The fourth-order valence-corrected chi connectivity index (χ4v) is 1.41. The third kappa shape index (κ3) is 3.88. The number of carbonyl (C=O) groups is 1. The third-order valence-electron chi connectivity index (χ3n) is 1.62. The Hall–Kier alpha value is -1.31. The predicted molar refractivity (Wildman–Crippen MR) is 52.7 cm³/mol. The summed E-state index contributed by atoms with van der Waals surface area (Å²) in [6, 6.07) is 2.98. The average molecular weight is 317 g/mol. The summed E-state index contributed by atoms with van der Waals surface area (Å²) in [6.45, 7) is 0. The fourth-order valence-electron chi connectivity index (χ4n) is 0.941. The molecule has 0 aliphatic carbocycles. The number of alkyl halides is 4.